The summed E-state index contributed by atoms with van der Waals surface area (Å²) in [5.41, 5.74) is 0. The van der Waals surface area contributed by atoms with Crippen LogP contribution in [-0.4, -0.2) is 22.0 Å². The van der Waals surface area contributed by atoms with Crippen LogP contribution < -0.4 is 0 Å². The van der Waals surface area contributed by atoms with Crippen LogP contribution in [0.1, 0.15) is 6.42 Å². The average Bonchev–Trinajstić information content (AvgIpc) is 1.80. The van der Waals surface area contributed by atoms with Crippen molar-refractivity contribution in [2.75, 3.05) is 13.2 Å². The van der Waals surface area contributed by atoms with Crippen LogP contribution in [0.15, 0.2) is 0 Å². The lowest BCUT2D eigenvalue weighted by Gasteiger charge is -2.03. The van der Waals surface area contributed by atoms with E-state index in [1.54, 1.807) is 0 Å². The van der Waals surface area contributed by atoms with Gasteiger partial charge in [-0.2, -0.15) is 0 Å². The summed E-state index contributed by atoms with van der Waals surface area (Å²) in [6, 6.07) is 0. The van der Waals surface area contributed by atoms with Crippen LogP contribution in [0.25, 0.3) is 0 Å². The molecule has 0 spiro atoms. The predicted molar refractivity (Wildman–Crippen MR) is 31.3 cm³/mol. The molecule has 0 saturated heterocycles. The molecule has 0 aliphatic heterocycles. The zero-order valence-electron chi connectivity index (χ0n) is 4.54. The highest BCUT2D eigenvalue weighted by molar-refractivity contribution is 7.74. The van der Waals surface area contributed by atoms with E-state index in [4.69, 9.17) is 11.9 Å². The van der Waals surface area contributed by atoms with E-state index in [-0.39, 0.29) is 6.61 Å². The number of rotatable bonds is 5. The monoisotopic (exact) mass is 173 g/mol. The maximum absolute atomic E-state index is 9.67. The van der Waals surface area contributed by atoms with Crippen molar-refractivity contribution in [1.29, 1.82) is 0 Å². The molecule has 0 heterocycles. The smallest absolute Gasteiger partial charge is 0.0842 e. The van der Waals surface area contributed by atoms with E-state index in [2.05, 4.69) is 8.47 Å². The van der Waals surface area contributed by atoms with E-state index in [0.29, 0.717) is 13.0 Å². The molecule has 0 fully saturated rings. The van der Waals surface area contributed by atoms with Crippen molar-refractivity contribution in [2.24, 2.45) is 0 Å². The van der Waals surface area contributed by atoms with Gasteiger partial charge in [-0.05, 0) is 6.42 Å². The lowest BCUT2D eigenvalue weighted by Crippen LogP contribution is -1.99. The molecule has 56 valence electrons. The molecule has 9 heavy (non-hydrogen) atoms. The quantitative estimate of drug-likeness (QED) is 0.445. The lowest BCUT2D eigenvalue weighted by molar-refractivity contribution is 0.255. The Kier molecular flexibility index (Phi) is 6.67. The molecular formula is C3H6ClO4S-. The first-order valence-electron chi connectivity index (χ1n) is 2.23. The van der Waals surface area contributed by atoms with Crippen molar-refractivity contribution in [3.05, 3.63) is 0 Å². The van der Waals surface area contributed by atoms with E-state index in [9.17, 15) is 8.76 Å². The van der Waals surface area contributed by atoms with Crippen LogP contribution in [-0.2, 0) is 19.8 Å². The summed E-state index contributed by atoms with van der Waals surface area (Å²) in [4.78, 5) is 0. The molecular weight excluding hydrogens is 168 g/mol. The highest BCUT2D eigenvalue weighted by atomic mass is 35.5. The van der Waals surface area contributed by atoms with Crippen molar-refractivity contribution < 1.29 is 17.2 Å². The molecule has 4 nitrogen and oxygen atoms in total. The lowest BCUT2D eigenvalue weighted by atomic mass is 10.5. The molecule has 1 atom stereocenters. The predicted octanol–water partition coefficient (Wildman–Crippen LogP) is 0.358. The standard InChI is InChI=1S/C3H7ClO4S/c4-7-2-1-3-8-9(5)6/h1-3H2,(H,5,6)/p-1. The summed E-state index contributed by atoms with van der Waals surface area (Å²) < 4.78 is 27.6. The summed E-state index contributed by atoms with van der Waals surface area (Å²) >= 11 is 2.39. The van der Waals surface area contributed by atoms with Gasteiger partial charge in [-0.3, -0.25) is 4.29 Å². The van der Waals surface area contributed by atoms with Crippen molar-refractivity contribution in [3.8, 4) is 0 Å². The second-order valence-electron chi connectivity index (χ2n) is 1.19. The minimum atomic E-state index is -2.42. The minimum Gasteiger partial charge on any atom is -0.750 e. The summed E-state index contributed by atoms with van der Waals surface area (Å²) in [6.07, 6.45) is 0.470. The van der Waals surface area contributed by atoms with E-state index in [1.807, 2.05) is 0 Å². The summed E-state index contributed by atoms with van der Waals surface area (Å²) in [7, 11) is 0. The second kappa shape index (κ2) is 6.44. The van der Waals surface area contributed by atoms with E-state index in [0.717, 1.165) is 0 Å². The Morgan fingerprint density at radius 3 is 2.67 bits per heavy atom. The molecule has 6 heteroatoms. The summed E-state index contributed by atoms with van der Waals surface area (Å²) in [6.45, 7) is 0.404. The van der Waals surface area contributed by atoms with Crippen molar-refractivity contribution in [3.63, 3.8) is 0 Å². The Balaban J connectivity index is 2.83. The second-order valence-corrected chi connectivity index (χ2v) is 2.06. The third kappa shape index (κ3) is 8.32. The fourth-order valence-electron chi connectivity index (χ4n) is 0.240. The van der Waals surface area contributed by atoms with Gasteiger partial charge in [-0.1, -0.05) is 0 Å². The molecule has 0 radical (unpaired) electrons. The molecule has 0 aliphatic carbocycles. The van der Waals surface area contributed by atoms with Crippen LogP contribution in [0.4, 0.5) is 0 Å². The van der Waals surface area contributed by atoms with Crippen LogP contribution >= 0.6 is 11.9 Å². The first kappa shape index (κ1) is 9.32. The van der Waals surface area contributed by atoms with E-state index >= 15 is 0 Å². The molecule has 0 bridgehead atoms. The third-order valence-corrected chi connectivity index (χ3v) is 1.06. The summed E-state index contributed by atoms with van der Waals surface area (Å²) in [5.74, 6) is 0. The van der Waals surface area contributed by atoms with Gasteiger partial charge in [0.05, 0.1) is 36.4 Å². The van der Waals surface area contributed by atoms with Gasteiger partial charge >= 0.3 is 0 Å². The van der Waals surface area contributed by atoms with Crippen LogP contribution in [0, 0.1) is 0 Å². The molecule has 0 rings (SSSR count). The van der Waals surface area contributed by atoms with Crippen LogP contribution in [0.3, 0.4) is 0 Å². The van der Waals surface area contributed by atoms with Gasteiger partial charge in [0.25, 0.3) is 0 Å². The highest BCUT2D eigenvalue weighted by Crippen LogP contribution is 1.87. The van der Waals surface area contributed by atoms with E-state index < -0.39 is 11.4 Å². The molecule has 0 N–H and O–H groups in total. The molecule has 0 amide bonds. The van der Waals surface area contributed by atoms with Gasteiger partial charge in [0.1, 0.15) is 0 Å². The molecule has 0 aromatic carbocycles. The molecule has 0 aromatic rings. The molecule has 0 saturated carbocycles. The maximum atomic E-state index is 9.67. The Morgan fingerprint density at radius 2 is 2.22 bits per heavy atom. The Bertz CT molecular complexity index is 87.9. The van der Waals surface area contributed by atoms with E-state index in [1.165, 1.54) is 0 Å². The minimum absolute atomic E-state index is 0.114. The normalized spacial score (nSPS) is 13.6. The number of hydrogen-bond donors (Lipinski definition) is 0. The Hall–Kier alpha value is 0.320. The van der Waals surface area contributed by atoms with Crippen LogP contribution in [0.2, 0.25) is 0 Å². The Morgan fingerprint density at radius 1 is 1.56 bits per heavy atom. The zero-order valence-corrected chi connectivity index (χ0v) is 6.11. The fraction of sp³-hybridized carbons (Fsp3) is 1.00. The topological polar surface area (TPSA) is 58.6 Å². The largest absolute Gasteiger partial charge is 0.750 e. The Labute approximate surface area is 60.8 Å². The molecule has 0 aliphatic rings. The number of hydrogen-bond acceptors (Lipinski definition) is 4. The van der Waals surface area contributed by atoms with Gasteiger partial charge in [-0.15, -0.1) is 0 Å². The highest BCUT2D eigenvalue weighted by Gasteiger charge is 1.86. The number of halogens is 1. The van der Waals surface area contributed by atoms with Gasteiger partial charge in [0, 0.05) is 0 Å². The third-order valence-electron chi connectivity index (χ3n) is 0.545. The van der Waals surface area contributed by atoms with Gasteiger partial charge in [0.2, 0.25) is 0 Å². The van der Waals surface area contributed by atoms with Gasteiger partial charge in [0.15, 0.2) is 0 Å². The van der Waals surface area contributed by atoms with Gasteiger partial charge < -0.3 is 8.74 Å². The molecule has 1 unspecified atom stereocenters. The van der Waals surface area contributed by atoms with Crippen LogP contribution in [0.5, 0.6) is 0 Å². The average molecular weight is 174 g/mol. The van der Waals surface area contributed by atoms with Crippen molar-refractivity contribution >= 4 is 23.2 Å². The zero-order chi connectivity index (χ0) is 7.11. The van der Waals surface area contributed by atoms with Crippen molar-refractivity contribution in [2.45, 2.75) is 6.42 Å². The first-order chi connectivity index (χ1) is 4.27. The molecule has 0 aromatic heterocycles. The fourth-order valence-corrected chi connectivity index (χ4v) is 0.603. The maximum Gasteiger partial charge on any atom is 0.0842 e. The van der Waals surface area contributed by atoms with Gasteiger partial charge in [-0.25, -0.2) is 4.21 Å². The SMILES string of the molecule is O=S([O-])OCCCOCl. The van der Waals surface area contributed by atoms with Crippen molar-refractivity contribution in [1.82, 2.24) is 0 Å². The summed E-state index contributed by atoms with van der Waals surface area (Å²) in [5, 5.41) is 0. The first-order valence-corrected chi connectivity index (χ1v) is 3.54.